The van der Waals surface area contributed by atoms with Crippen LogP contribution in [0.1, 0.15) is 6.92 Å². The fourth-order valence-electron chi connectivity index (χ4n) is 0.0630. The first-order valence-electron chi connectivity index (χ1n) is 1.99. The monoisotopic (exact) mass is 196 g/mol. The highest BCUT2D eigenvalue weighted by Gasteiger charge is 1.85. The van der Waals surface area contributed by atoms with Crippen molar-refractivity contribution in [3.8, 4) is 0 Å². The molecular weight excluding hydrogens is 187 g/mol. The zero-order valence-corrected chi connectivity index (χ0v) is 6.10. The van der Waals surface area contributed by atoms with Gasteiger partial charge in [0.1, 0.15) is 0 Å². The maximum Gasteiger partial charge on any atom is 0.00555 e. The van der Waals surface area contributed by atoms with Crippen molar-refractivity contribution < 1.29 is 0 Å². The van der Waals surface area contributed by atoms with E-state index in [9.17, 15) is 0 Å². The molecule has 0 radical (unpaired) electrons. The van der Waals surface area contributed by atoms with Crippen LogP contribution < -0.4 is 0 Å². The van der Waals surface area contributed by atoms with Gasteiger partial charge in [-0.1, -0.05) is 35.6 Å². The Morgan fingerprint density at radius 1 is 2.00 bits per heavy atom. The summed E-state index contributed by atoms with van der Waals surface area (Å²) in [5.41, 5.74) is 0. The third-order valence-corrected chi connectivity index (χ3v) is 2.04. The molecule has 0 bridgehead atoms. The number of halogens is 1. The van der Waals surface area contributed by atoms with Crippen LogP contribution in [0, 0.1) is 5.92 Å². The second kappa shape index (κ2) is 3.65. The molecule has 0 aliphatic rings. The highest BCUT2D eigenvalue weighted by Crippen LogP contribution is 1.98. The molecule has 0 aliphatic carbocycles. The van der Waals surface area contributed by atoms with Crippen molar-refractivity contribution >= 4 is 22.6 Å². The van der Waals surface area contributed by atoms with Crippen molar-refractivity contribution in [3.05, 3.63) is 12.7 Å². The van der Waals surface area contributed by atoms with E-state index in [2.05, 4.69) is 36.1 Å². The average molecular weight is 196 g/mol. The minimum atomic E-state index is 0.686. The predicted molar refractivity (Wildman–Crippen MR) is 38.2 cm³/mol. The zero-order chi connectivity index (χ0) is 4.99. The summed E-state index contributed by atoms with van der Waals surface area (Å²) in [4.78, 5) is 0. The van der Waals surface area contributed by atoms with Crippen LogP contribution in [-0.2, 0) is 0 Å². The van der Waals surface area contributed by atoms with E-state index in [-0.39, 0.29) is 0 Å². The number of hydrogen-bond acceptors (Lipinski definition) is 0. The van der Waals surface area contributed by atoms with Crippen molar-refractivity contribution in [2.24, 2.45) is 5.92 Å². The van der Waals surface area contributed by atoms with Crippen molar-refractivity contribution in [3.63, 3.8) is 0 Å². The van der Waals surface area contributed by atoms with Gasteiger partial charge < -0.3 is 0 Å². The maximum atomic E-state index is 3.63. The first kappa shape index (κ1) is 6.47. The van der Waals surface area contributed by atoms with Gasteiger partial charge in [-0.15, -0.1) is 6.58 Å². The normalized spacial score (nSPS) is 13.7. The van der Waals surface area contributed by atoms with Crippen LogP contribution in [-0.4, -0.2) is 4.43 Å². The lowest BCUT2D eigenvalue weighted by Crippen LogP contribution is -1.85. The van der Waals surface area contributed by atoms with E-state index in [1.165, 1.54) is 4.43 Å². The first-order valence-corrected chi connectivity index (χ1v) is 3.52. The Balaban J connectivity index is 2.96. The van der Waals surface area contributed by atoms with E-state index in [1.54, 1.807) is 0 Å². The van der Waals surface area contributed by atoms with Crippen molar-refractivity contribution in [2.45, 2.75) is 6.92 Å². The SMILES string of the molecule is C=C[C@H](C)CI. The molecule has 6 heavy (non-hydrogen) atoms. The summed E-state index contributed by atoms with van der Waals surface area (Å²) in [7, 11) is 0. The van der Waals surface area contributed by atoms with Gasteiger partial charge in [-0.05, 0) is 5.92 Å². The summed E-state index contributed by atoms with van der Waals surface area (Å²) in [5.74, 6) is 0.686. The van der Waals surface area contributed by atoms with E-state index in [4.69, 9.17) is 0 Å². The van der Waals surface area contributed by atoms with Gasteiger partial charge in [-0.3, -0.25) is 0 Å². The third kappa shape index (κ3) is 2.69. The third-order valence-electron chi connectivity index (χ3n) is 0.646. The molecule has 0 unspecified atom stereocenters. The van der Waals surface area contributed by atoms with Crippen LogP contribution in [0.5, 0.6) is 0 Å². The Kier molecular flexibility index (Phi) is 3.94. The lowest BCUT2D eigenvalue weighted by molar-refractivity contribution is 0.865. The van der Waals surface area contributed by atoms with Gasteiger partial charge in [-0.25, -0.2) is 0 Å². The lowest BCUT2D eigenvalue weighted by atomic mass is 10.2. The minimum Gasteiger partial charge on any atom is -0.103 e. The van der Waals surface area contributed by atoms with Crippen molar-refractivity contribution in [1.82, 2.24) is 0 Å². The number of rotatable bonds is 2. The molecule has 0 saturated carbocycles. The van der Waals surface area contributed by atoms with Gasteiger partial charge in [-0.2, -0.15) is 0 Å². The smallest absolute Gasteiger partial charge is 0.00555 e. The summed E-state index contributed by atoms with van der Waals surface area (Å²) in [6.45, 7) is 5.78. The molecule has 36 valence electrons. The van der Waals surface area contributed by atoms with Crippen LogP contribution in [0.15, 0.2) is 12.7 Å². The average Bonchev–Trinajstić information content (AvgIpc) is 1.65. The van der Waals surface area contributed by atoms with Gasteiger partial charge >= 0.3 is 0 Å². The second-order valence-corrected chi connectivity index (χ2v) is 2.25. The molecule has 0 fully saturated rings. The molecular formula is C5H9I. The van der Waals surface area contributed by atoms with Crippen LogP contribution in [0.4, 0.5) is 0 Å². The minimum absolute atomic E-state index is 0.686. The molecule has 0 aromatic carbocycles. The first-order chi connectivity index (χ1) is 2.81. The molecule has 0 aromatic heterocycles. The Morgan fingerprint density at radius 2 is 2.50 bits per heavy atom. The van der Waals surface area contributed by atoms with E-state index < -0.39 is 0 Å². The number of hydrogen-bond donors (Lipinski definition) is 0. The molecule has 1 atom stereocenters. The molecule has 0 saturated heterocycles. The standard InChI is InChI=1S/C5H9I/c1-3-5(2)4-6/h3,5H,1,4H2,2H3/t5-/m0/s1. The predicted octanol–water partition coefficient (Wildman–Crippen LogP) is 2.24. The number of alkyl halides is 1. The molecule has 0 aromatic rings. The summed E-state index contributed by atoms with van der Waals surface area (Å²) >= 11 is 2.34. The Bertz CT molecular complexity index is 41.2. The van der Waals surface area contributed by atoms with E-state index in [1.807, 2.05) is 6.08 Å². The van der Waals surface area contributed by atoms with Gasteiger partial charge in [0.2, 0.25) is 0 Å². The van der Waals surface area contributed by atoms with Gasteiger partial charge in [0, 0.05) is 4.43 Å². The lowest BCUT2D eigenvalue weighted by Gasteiger charge is -1.92. The van der Waals surface area contributed by atoms with E-state index >= 15 is 0 Å². The van der Waals surface area contributed by atoms with Gasteiger partial charge in [0.25, 0.3) is 0 Å². The number of allylic oxidation sites excluding steroid dienone is 1. The maximum absolute atomic E-state index is 3.63. The van der Waals surface area contributed by atoms with Crippen molar-refractivity contribution in [1.29, 1.82) is 0 Å². The van der Waals surface area contributed by atoms with Gasteiger partial charge in [0.15, 0.2) is 0 Å². The molecule has 0 nitrogen and oxygen atoms in total. The van der Waals surface area contributed by atoms with Crippen LogP contribution in [0.3, 0.4) is 0 Å². The van der Waals surface area contributed by atoms with Crippen LogP contribution >= 0.6 is 22.6 Å². The Hall–Kier alpha value is 0.470. The molecule has 0 rings (SSSR count). The summed E-state index contributed by atoms with van der Waals surface area (Å²) in [6.07, 6.45) is 1.96. The van der Waals surface area contributed by atoms with Crippen molar-refractivity contribution in [2.75, 3.05) is 4.43 Å². The van der Waals surface area contributed by atoms with Crippen LogP contribution in [0.2, 0.25) is 0 Å². The Morgan fingerprint density at radius 3 is 2.50 bits per heavy atom. The summed E-state index contributed by atoms with van der Waals surface area (Å²) < 4.78 is 1.18. The second-order valence-electron chi connectivity index (χ2n) is 1.37. The molecule has 0 spiro atoms. The molecule has 0 heterocycles. The molecule has 0 amide bonds. The van der Waals surface area contributed by atoms with Crippen LogP contribution in [0.25, 0.3) is 0 Å². The van der Waals surface area contributed by atoms with E-state index in [0.29, 0.717) is 5.92 Å². The molecule has 1 heteroatoms. The fraction of sp³-hybridized carbons (Fsp3) is 0.600. The topological polar surface area (TPSA) is 0 Å². The largest absolute Gasteiger partial charge is 0.103 e. The highest BCUT2D eigenvalue weighted by molar-refractivity contribution is 14.1. The molecule has 0 N–H and O–H groups in total. The fourth-order valence-corrected chi connectivity index (χ4v) is 0.423. The summed E-state index contributed by atoms with van der Waals surface area (Å²) in [5, 5.41) is 0. The quantitative estimate of drug-likeness (QED) is 0.361. The highest BCUT2D eigenvalue weighted by atomic mass is 127. The van der Waals surface area contributed by atoms with E-state index in [0.717, 1.165) is 0 Å². The zero-order valence-electron chi connectivity index (χ0n) is 3.95. The van der Waals surface area contributed by atoms with Gasteiger partial charge in [0.05, 0.1) is 0 Å². The Labute approximate surface area is 52.8 Å². The summed E-state index contributed by atoms with van der Waals surface area (Å²) in [6, 6.07) is 0. The molecule has 0 aliphatic heterocycles.